The Morgan fingerprint density at radius 1 is 0.872 bits per heavy atom. The summed E-state index contributed by atoms with van der Waals surface area (Å²) < 4.78 is 27.6. The van der Waals surface area contributed by atoms with Crippen molar-refractivity contribution < 1.29 is 23.1 Å². The summed E-state index contributed by atoms with van der Waals surface area (Å²) in [7, 11) is -4.06. The highest BCUT2D eigenvalue weighted by Crippen LogP contribution is 2.24. The minimum absolute atomic E-state index is 0.0539. The van der Waals surface area contributed by atoms with Crippen LogP contribution in [-0.2, 0) is 27.8 Å². The summed E-state index contributed by atoms with van der Waals surface area (Å²) in [5, 5.41) is 15.6. The second-order valence-electron chi connectivity index (χ2n) is 8.61. The van der Waals surface area contributed by atoms with Gasteiger partial charge >= 0.3 is 12.0 Å². The number of sulfonamides is 1. The number of urea groups is 1. The molecule has 11 heteroatoms. The third-order valence-electron chi connectivity index (χ3n) is 5.77. The molecule has 0 aliphatic carbocycles. The zero-order chi connectivity index (χ0) is 27.8. The van der Waals surface area contributed by atoms with Gasteiger partial charge in [-0.2, -0.15) is 4.72 Å². The number of carboxylic acids is 1. The van der Waals surface area contributed by atoms with Gasteiger partial charge in [0.25, 0.3) is 0 Å². The van der Waals surface area contributed by atoms with Crippen LogP contribution < -0.4 is 15.4 Å². The van der Waals surface area contributed by atoms with E-state index < -0.39 is 22.0 Å². The van der Waals surface area contributed by atoms with Gasteiger partial charge in [-0.3, -0.25) is 9.78 Å². The van der Waals surface area contributed by atoms with Gasteiger partial charge in [0.05, 0.1) is 4.90 Å². The van der Waals surface area contributed by atoms with Gasteiger partial charge in [-0.15, -0.1) is 0 Å². The highest BCUT2D eigenvalue weighted by Gasteiger charge is 2.25. The number of aromatic nitrogens is 1. The lowest BCUT2D eigenvalue weighted by atomic mass is 10.0. The number of amides is 2. The van der Waals surface area contributed by atoms with Crippen LogP contribution in [0.1, 0.15) is 11.1 Å². The van der Waals surface area contributed by atoms with Crippen LogP contribution in [0.2, 0.25) is 5.02 Å². The first-order valence-electron chi connectivity index (χ1n) is 11.8. The van der Waals surface area contributed by atoms with Crippen LogP contribution >= 0.6 is 11.6 Å². The Hall–Kier alpha value is -4.25. The summed E-state index contributed by atoms with van der Waals surface area (Å²) in [5.74, 6) is -1.29. The Morgan fingerprint density at radius 3 is 2.23 bits per heavy atom. The maximum absolute atomic E-state index is 12.7. The quantitative estimate of drug-likeness (QED) is 0.220. The number of hydrogen-bond donors (Lipinski definition) is 4. The normalized spacial score (nSPS) is 11.9. The van der Waals surface area contributed by atoms with Crippen LogP contribution in [0.25, 0.3) is 11.1 Å². The molecule has 0 fully saturated rings. The molecule has 0 saturated carbocycles. The molecule has 1 aromatic heterocycles. The molecule has 0 saturated heterocycles. The highest BCUT2D eigenvalue weighted by molar-refractivity contribution is 7.89. The van der Waals surface area contributed by atoms with Crippen molar-refractivity contribution in [3.8, 4) is 11.1 Å². The van der Waals surface area contributed by atoms with Gasteiger partial charge in [0, 0.05) is 29.6 Å². The summed E-state index contributed by atoms with van der Waals surface area (Å²) in [6.45, 7) is 0.364. The zero-order valence-electron chi connectivity index (χ0n) is 20.5. The van der Waals surface area contributed by atoms with E-state index in [0.29, 0.717) is 22.8 Å². The van der Waals surface area contributed by atoms with Gasteiger partial charge in [-0.25, -0.2) is 13.2 Å². The summed E-state index contributed by atoms with van der Waals surface area (Å²) >= 11 is 5.81. The molecule has 3 aromatic carbocycles. The van der Waals surface area contributed by atoms with Crippen LogP contribution in [0.15, 0.2) is 102 Å². The average Bonchev–Trinajstić information content (AvgIpc) is 2.93. The van der Waals surface area contributed by atoms with E-state index in [9.17, 15) is 23.1 Å². The molecule has 4 N–H and O–H groups in total. The van der Waals surface area contributed by atoms with Gasteiger partial charge < -0.3 is 15.7 Å². The number of aliphatic carboxylic acids is 1. The molecule has 4 rings (SSSR count). The Kier molecular flexibility index (Phi) is 8.92. The molecule has 0 aliphatic rings. The maximum atomic E-state index is 12.7. The van der Waals surface area contributed by atoms with Crippen molar-refractivity contribution in [2.24, 2.45) is 0 Å². The highest BCUT2D eigenvalue weighted by atomic mass is 35.5. The standard InChI is InChI=1S/C28H25ClN4O5S/c29-23-8-10-25(11-9-23)39(37,38)33-26(27(34)35)16-19-4-6-21(7-5-19)22-2-1-3-24(17-22)32-28(36)31-18-20-12-14-30-15-13-20/h1-15,17,26,33H,16,18H2,(H,34,35)(H2,31,32,36)/t26-/m0/s1. The molecule has 1 heterocycles. The fourth-order valence-corrected chi connectivity index (χ4v) is 5.07. The second-order valence-corrected chi connectivity index (χ2v) is 10.8. The number of carbonyl (C=O) groups excluding carboxylic acids is 1. The van der Waals surface area contributed by atoms with Gasteiger partial charge in [0.2, 0.25) is 10.0 Å². The van der Waals surface area contributed by atoms with E-state index in [2.05, 4.69) is 20.3 Å². The summed E-state index contributed by atoms with van der Waals surface area (Å²) in [6.07, 6.45) is 3.26. The molecule has 0 unspecified atom stereocenters. The Labute approximate surface area is 230 Å². The number of carboxylic acid groups (broad SMARTS) is 1. The molecule has 2 amide bonds. The minimum Gasteiger partial charge on any atom is -0.480 e. The predicted octanol–water partition coefficient (Wildman–Crippen LogP) is 4.70. The first-order chi connectivity index (χ1) is 18.7. The number of halogens is 1. The number of anilines is 1. The van der Waals surface area contributed by atoms with E-state index >= 15 is 0 Å². The lowest BCUT2D eigenvalue weighted by Crippen LogP contribution is -2.42. The number of pyridine rings is 1. The van der Waals surface area contributed by atoms with Crippen molar-refractivity contribution in [3.05, 3.63) is 113 Å². The van der Waals surface area contributed by atoms with Gasteiger partial charge in [0.15, 0.2) is 0 Å². The lowest BCUT2D eigenvalue weighted by molar-refractivity contribution is -0.138. The van der Waals surface area contributed by atoms with Gasteiger partial charge in [-0.1, -0.05) is 48.0 Å². The van der Waals surface area contributed by atoms with E-state index in [1.807, 2.05) is 42.5 Å². The maximum Gasteiger partial charge on any atom is 0.322 e. The Bertz CT molecular complexity index is 1550. The smallest absolute Gasteiger partial charge is 0.322 e. The van der Waals surface area contributed by atoms with Crippen LogP contribution in [0, 0.1) is 0 Å². The molecular weight excluding hydrogens is 540 g/mol. The van der Waals surface area contributed by atoms with Crippen LogP contribution in [0.5, 0.6) is 0 Å². The number of rotatable bonds is 10. The van der Waals surface area contributed by atoms with Crippen molar-refractivity contribution >= 4 is 39.3 Å². The molecular formula is C28H25ClN4O5S. The second kappa shape index (κ2) is 12.5. The van der Waals surface area contributed by atoms with Crippen molar-refractivity contribution in [1.29, 1.82) is 0 Å². The van der Waals surface area contributed by atoms with Crippen molar-refractivity contribution in [2.45, 2.75) is 23.9 Å². The number of nitrogens with one attached hydrogen (secondary N) is 3. The molecule has 4 aromatic rings. The van der Waals surface area contributed by atoms with Crippen molar-refractivity contribution in [1.82, 2.24) is 15.0 Å². The molecule has 39 heavy (non-hydrogen) atoms. The number of hydrogen-bond acceptors (Lipinski definition) is 5. The van der Waals surface area contributed by atoms with E-state index in [1.165, 1.54) is 24.3 Å². The first kappa shape index (κ1) is 27.8. The molecule has 9 nitrogen and oxygen atoms in total. The van der Waals surface area contributed by atoms with E-state index in [1.54, 1.807) is 30.6 Å². The first-order valence-corrected chi connectivity index (χ1v) is 13.7. The lowest BCUT2D eigenvalue weighted by Gasteiger charge is -2.15. The number of nitrogens with zero attached hydrogens (tertiary/aromatic N) is 1. The minimum atomic E-state index is -4.06. The number of carbonyl (C=O) groups is 2. The molecule has 0 spiro atoms. The summed E-state index contributed by atoms with van der Waals surface area (Å²) in [6, 6.07) is 21.8. The Morgan fingerprint density at radius 2 is 1.56 bits per heavy atom. The molecule has 0 bridgehead atoms. The van der Waals surface area contributed by atoms with E-state index in [0.717, 1.165) is 16.7 Å². The number of benzene rings is 3. The predicted molar refractivity (Wildman–Crippen MR) is 149 cm³/mol. The van der Waals surface area contributed by atoms with Gasteiger partial charge in [-0.05, 0) is 77.2 Å². The SMILES string of the molecule is O=C(NCc1ccncc1)Nc1cccc(-c2ccc(C[C@H](NS(=O)(=O)c3ccc(Cl)cc3)C(=O)O)cc2)c1. The fraction of sp³-hybridized carbons (Fsp3) is 0.107. The molecule has 1 atom stereocenters. The third kappa shape index (κ3) is 7.87. The van der Waals surface area contributed by atoms with Crippen molar-refractivity contribution in [3.63, 3.8) is 0 Å². The average molecular weight is 565 g/mol. The molecule has 200 valence electrons. The van der Waals surface area contributed by atoms with Crippen LogP contribution in [-0.4, -0.2) is 36.6 Å². The zero-order valence-corrected chi connectivity index (χ0v) is 22.1. The Balaban J connectivity index is 1.39. The largest absolute Gasteiger partial charge is 0.480 e. The molecule has 0 aliphatic heterocycles. The third-order valence-corrected chi connectivity index (χ3v) is 7.51. The van der Waals surface area contributed by atoms with E-state index in [-0.39, 0.29) is 17.3 Å². The monoisotopic (exact) mass is 564 g/mol. The van der Waals surface area contributed by atoms with Crippen molar-refractivity contribution in [2.75, 3.05) is 5.32 Å². The summed E-state index contributed by atoms with van der Waals surface area (Å²) in [4.78, 5) is 28.0. The summed E-state index contributed by atoms with van der Waals surface area (Å²) in [5.41, 5.74) is 3.85. The van der Waals surface area contributed by atoms with Crippen LogP contribution in [0.3, 0.4) is 0 Å². The fourth-order valence-electron chi connectivity index (χ4n) is 3.75. The van der Waals surface area contributed by atoms with Crippen LogP contribution in [0.4, 0.5) is 10.5 Å². The van der Waals surface area contributed by atoms with Gasteiger partial charge in [0.1, 0.15) is 6.04 Å². The topological polar surface area (TPSA) is 137 Å². The van der Waals surface area contributed by atoms with E-state index in [4.69, 9.17) is 11.6 Å². The molecule has 0 radical (unpaired) electrons.